The molecular formula is C18H23N3. The van der Waals surface area contributed by atoms with Crippen molar-refractivity contribution in [2.75, 3.05) is 19.6 Å². The van der Waals surface area contributed by atoms with Crippen LogP contribution in [0.15, 0.2) is 48.7 Å². The van der Waals surface area contributed by atoms with Gasteiger partial charge in [-0.1, -0.05) is 36.4 Å². The van der Waals surface area contributed by atoms with E-state index in [-0.39, 0.29) is 6.04 Å². The van der Waals surface area contributed by atoms with Gasteiger partial charge in [0.25, 0.3) is 0 Å². The third-order valence-electron chi connectivity index (χ3n) is 4.47. The van der Waals surface area contributed by atoms with Gasteiger partial charge in [0.2, 0.25) is 0 Å². The van der Waals surface area contributed by atoms with E-state index in [9.17, 15) is 0 Å². The number of aryl methyl sites for hydroxylation is 1. The monoisotopic (exact) mass is 281 g/mol. The minimum atomic E-state index is 0.284. The first kappa shape index (κ1) is 14.2. The molecule has 1 aliphatic heterocycles. The maximum Gasteiger partial charge on any atom is 0.0485 e. The average Bonchev–Trinajstić information content (AvgIpc) is 3.00. The first-order chi connectivity index (χ1) is 10.3. The Morgan fingerprint density at radius 3 is 2.71 bits per heavy atom. The molecule has 2 aromatic rings. The van der Waals surface area contributed by atoms with Gasteiger partial charge in [-0.25, -0.2) is 0 Å². The molecule has 1 aromatic carbocycles. The van der Waals surface area contributed by atoms with Gasteiger partial charge in [0.15, 0.2) is 0 Å². The molecule has 2 N–H and O–H groups in total. The number of hydrogen-bond donors (Lipinski definition) is 1. The van der Waals surface area contributed by atoms with Gasteiger partial charge >= 0.3 is 0 Å². The zero-order valence-electron chi connectivity index (χ0n) is 12.6. The number of rotatable bonds is 4. The SMILES string of the molecule is Cc1ccc(C(CN)N2CCC(c3ccccc3)C2)cn1. The second-order valence-electron chi connectivity index (χ2n) is 5.88. The molecule has 2 atom stereocenters. The van der Waals surface area contributed by atoms with Crippen molar-refractivity contribution in [2.24, 2.45) is 5.73 Å². The highest BCUT2D eigenvalue weighted by molar-refractivity contribution is 5.23. The molecule has 1 aromatic heterocycles. The molecule has 1 fully saturated rings. The van der Waals surface area contributed by atoms with E-state index >= 15 is 0 Å². The van der Waals surface area contributed by atoms with Gasteiger partial charge in [-0.15, -0.1) is 0 Å². The summed E-state index contributed by atoms with van der Waals surface area (Å²) in [7, 11) is 0. The molecule has 0 amide bonds. The van der Waals surface area contributed by atoms with Gasteiger partial charge < -0.3 is 5.73 Å². The number of likely N-dealkylation sites (tertiary alicyclic amines) is 1. The number of pyridine rings is 1. The summed E-state index contributed by atoms with van der Waals surface area (Å²) in [6.07, 6.45) is 3.18. The Kier molecular flexibility index (Phi) is 4.32. The second kappa shape index (κ2) is 6.37. The number of nitrogens with two attached hydrogens (primary N) is 1. The molecule has 0 bridgehead atoms. The highest BCUT2D eigenvalue weighted by Gasteiger charge is 2.29. The molecule has 0 saturated carbocycles. The van der Waals surface area contributed by atoms with Crippen molar-refractivity contribution in [3.05, 3.63) is 65.5 Å². The summed E-state index contributed by atoms with van der Waals surface area (Å²) in [6.45, 7) is 4.85. The number of benzene rings is 1. The topological polar surface area (TPSA) is 42.1 Å². The fourth-order valence-electron chi connectivity index (χ4n) is 3.24. The summed E-state index contributed by atoms with van der Waals surface area (Å²) in [4.78, 5) is 6.92. The Bertz CT molecular complexity index is 565. The molecule has 0 spiro atoms. The third-order valence-corrected chi connectivity index (χ3v) is 4.47. The maximum atomic E-state index is 6.04. The minimum Gasteiger partial charge on any atom is -0.329 e. The van der Waals surface area contributed by atoms with Gasteiger partial charge in [0.1, 0.15) is 0 Å². The Morgan fingerprint density at radius 1 is 1.24 bits per heavy atom. The van der Waals surface area contributed by atoms with Crippen LogP contribution in [0, 0.1) is 6.92 Å². The van der Waals surface area contributed by atoms with Crippen molar-refractivity contribution in [3.63, 3.8) is 0 Å². The van der Waals surface area contributed by atoms with Crippen molar-refractivity contribution < 1.29 is 0 Å². The van der Waals surface area contributed by atoms with Crippen LogP contribution in [0.2, 0.25) is 0 Å². The van der Waals surface area contributed by atoms with Crippen LogP contribution in [-0.4, -0.2) is 29.5 Å². The fourth-order valence-corrected chi connectivity index (χ4v) is 3.24. The molecule has 3 heteroatoms. The van der Waals surface area contributed by atoms with Gasteiger partial charge in [-0.05, 0) is 43.0 Å². The molecule has 1 saturated heterocycles. The Labute approximate surface area is 126 Å². The van der Waals surface area contributed by atoms with Crippen LogP contribution in [0.25, 0.3) is 0 Å². The lowest BCUT2D eigenvalue weighted by atomic mass is 9.98. The van der Waals surface area contributed by atoms with Gasteiger partial charge in [-0.2, -0.15) is 0 Å². The van der Waals surface area contributed by atoms with E-state index in [1.807, 2.05) is 13.1 Å². The Hall–Kier alpha value is -1.71. The van der Waals surface area contributed by atoms with Crippen LogP contribution in [0.5, 0.6) is 0 Å². The van der Waals surface area contributed by atoms with Crippen LogP contribution in [0.3, 0.4) is 0 Å². The molecule has 1 aliphatic rings. The van der Waals surface area contributed by atoms with E-state index in [4.69, 9.17) is 5.73 Å². The highest BCUT2D eigenvalue weighted by Crippen LogP contribution is 2.32. The van der Waals surface area contributed by atoms with E-state index in [0.29, 0.717) is 12.5 Å². The normalized spacial score (nSPS) is 20.6. The van der Waals surface area contributed by atoms with E-state index in [2.05, 4.69) is 52.3 Å². The van der Waals surface area contributed by atoms with Crippen LogP contribution in [-0.2, 0) is 0 Å². The van der Waals surface area contributed by atoms with Gasteiger partial charge in [0, 0.05) is 31.0 Å². The van der Waals surface area contributed by atoms with Gasteiger partial charge in [0.05, 0.1) is 0 Å². The average molecular weight is 281 g/mol. The van der Waals surface area contributed by atoms with Crippen LogP contribution in [0.1, 0.15) is 35.2 Å². The number of hydrogen-bond acceptors (Lipinski definition) is 3. The summed E-state index contributed by atoms with van der Waals surface area (Å²) in [5.74, 6) is 0.624. The third kappa shape index (κ3) is 3.14. The molecule has 0 radical (unpaired) electrons. The lowest BCUT2D eigenvalue weighted by molar-refractivity contribution is 0.247. The predicted octanol–water partition coefficient (Wildman–Crippen LogP) is 2.88. The minimum absolute atomic E-state index is 0.284. The van der Waals surface area contributed by atoms with E-state index in [1.165, 1.54) is 17.5 Å². The van der Waals surface area contributed by atoms with Gasteiger partial charge in [-0.3, -0.25) is 9.88 Å². The molecule has 110 valence electrons. The summed E-state index contributed by atoms with van der Waals surface area (Å²) in [5.41, 5.74) is 9.77. The van der Waals surface area contributed by atoms with Crippen LogP contribution in [0.4, 0.5) is 0 Å². The first-order valence-electron chi connectivity index (χ1n) is 7.69. The lowest BCUT2D eigenvalue weighted by Crippen LogP contribution is -2.32. The maximum absolute atomic E-state index is 6.04. The van der Waals surface area contributed by atoms with Crippen molar-refractivity contribution in [1.82, 2.24) is 9.88 Å². The molecule has 21 heavy (non-hydrogen) atoms. The fraction of sp³-hybridized carbons (Fsp3) is 0.389. The predicted molar refractivity (Wildman–Crippen MR) is 86.1 cm³/mol. The second-order valence-corrected chi connectivity index (χ2v) is 5.88. The zero-order valence-corrected chi connectivity index (χ0v) is 12.6. The van der Waals surface area contributed by atoms with E-state index < -0.39 is 0 Å². The van der Waals surface area contributed by atoms with E-state index in [1.54, 1.807) is 0 Å². The molecule has 2 unspecified atom stereocenters. The summed E-state index contributed by atoms with van der Waals surface area (Å²) >= 11 is 0. The summed E-state index contributed by atoms with van der Waals surface area (Å²) in [6, 6.07) is 15.3. The number of nitrogens with zero attached hydrogens (tertiary/aromatic N) is 2. The highest BCUT2D eigenvalue weighted by atomic mass is 15.2. The quantitative estimate of drug-likeness (QED) is 0.937. The smallest absolute Gasteiger partial charge is 0.0485 e. The van der Waals surface area contributed by atoms with Crippen molar-refractivity contribution >= 4 is 0 Å². The summed E-state index contributed by atoms with van der Waals surface area (Å²) in [5, 5.41) is 0. The van der Waals surface area contributed by atoms with E-state index in [0.717, 1.165) is 18.8 Å². The van der Waals surface area contributed by atoms with Crippen molar-refractivity contribution in [2.45, 2.75) is 25.3 Å². The van der Waals surface area contributed by atoms with Crippen molar-refractivity contribution in [1.29, 1.82) is 0 Å². The summed E-state index contributed by atoms with van der Waals surface area (Å²) < 4.78 is 0. The Balaban J connectivity index is 1.73. The largest absolute Gasteiger partial charge is 0.329 e. The Morgan fingerprint density at radius 2 is 2.05 bits per heavy atom. The first-order valence-corrected chi connectivity index (χ1v) is 7.69. The zero-order chi connectivity index (χ0) is 14.7. The molecule has 0 aliphatic carbocycles. The standard InChI is InChI=1S/C18H23N3/c1-14-7-8-16(12-20-14)18(11-19)21-10-9-17(13-21)15-5-3-2-4-6-15/h2-8,12,17-18H,9-11,13,19H2,1H3. The van der Waals surface area contributed by atoms with Crippen LogP contribution >= 0.6 is 0 Å². The number of aromatic nitrogens is 1. The molecular weight excluding hydrogens is 258 g/mol. The molecule has 3 nitrogen and oxygen atoms in total. The molecule has 2 heterocycles. The lowest BCUT2D eigenvalue weighted by Gasteiger charge is -2.27. The van der Waals surface area contributed by atoms with Crippen LogP contribution < -0.4 is 5.73 Å². The molecule has 3 rings (SSSR count). The van der Waals surface area contributed by atoms with Crippen molar-refractivity contribution in [3.8, 4) is 0 Å².